The number of aliphatic hydroxyl groups excluding tert-OH is 1. The molecule has 0 aromatic heterocycles. The molecule has 1 rings (SSSR count). The first-order chi connectivity index (χ1) is 6.88. The summed E-state index contributed by atoms with van der Waals surface area (Å²) in [5.41, 5.74) is 1.71. The Morgan fingerprint density at radius 2 is 2.13 bits per heavy atom. The molecule has 0 aliphatic heterocycles. The minimum absolute atomic E-state index is 0.133. The second kappa shape index (κ2) is 5.16. The topological polar surface area (TPSA) is 20.2 Å². The number of rotatable bonds is 3. The molecule has 0 spiro atoms. The fourth-order valence-corrected chi connectivity index (χ4v) is 2.57. The average molecular weight is 210 g/mol. The van der Waals surface area contributed by atoms with Gasteiger partial charge in [-0.1, -0.05) is 33.8 Å². The first-order valence-corrected chi connectivity index (χ1v) is 6.25. The third-order valence-corrected chi connectivity index (χ3v) is 3.11. The highest BCUT2D eigenvalue weighted by atomic mass is 16.3. The van der Waals surface area contributed by atoms with Crippen LogP contribution in [0.4, 0.5) is 0 Å². The van der Waals surface area contributed by atoms with Crippen LogP contribution in [0.2, 0.25) is 0 Å². The third-order valence-electron chi connectivity index (χ3n) is 3.11. The SMILES string of the molecule is CC(CC=C1CCCC1O)CC(C)(C)C. The van der Waals surface area contributed by atoms with Gasteiger partial charge < -0.3 is 5.11 Å². The molecule has 1 aliphatic carbocycles. The molecule has 0 saturated heterocycles. The molecule has 15 heavy (non-hydrogen) atoms. The zero-order valence-corrected chi connectivity index (χ0v) is 10.7. The Kier molecular flexibility index (Phi) is 4.39. The Balaban J connectivity index is 2.36. The van der Waals surface area contributed by atoms with Gasteiger partial charge in [0, 0.05) is 0 Å². The molecule has 1 fully saturated rings. The molecule has 0 heterocycles. The van der Waals surface area contributed by atoms with E-state index in [1.165, 1.54) is 18.4 Å². The Labute approximate surface area is 94.6 Å². The smallest absolute Gasteiger partial charge is 0.0750 e. The van der Waals surface area contributed by atoms with Crippen molar-refractivity contribution in [2.24, 2.45) is 11.3 Å². The van der Waals surface area contributed by atoms with Gasteiger partial charge in [-0.2, -0.15) is 0 Å². The van der Waals surface area contributed by atoms with E-state index in [2.05, 4.69) is 33.8 Å². The molecular weight excluding hydrogens is 184 g/mol. The van der Waals surface area contributed by atoms with Gasteiger partial charge in [-0.05, 0) is 49.0 Å². The molecule has 1 heteroatoms. The normalized spacial score (nSPS) is 27.3. The van der Waals surface area contributed by atoms with Crippen LogP contribution in [0.5, 0.6) is 0 Å². The lowest BCUT2D eigenvalue weighted by atomic mass is 9.84. The van der Waals surface area contributed by atoms with Crippen molar-refractivity contribution >= 4 is 0 Å². The molecule has 0 radical (unpaired) electrons. The number of allylic oxidation sites excluding steroid dienone is 1. The molecule has 0 amide bonds. The largest absolute Gasteiger partial charge is 0.389 e. The van der Waals surface area contributed by atoms with Crippen molar-refractivity contribution in [3.05, 3.63) is 11.6 Å². The van der Waals surface area contributed by atoms with Gasteiger partial charge in [0.1, 0.15) is 0 Å². The van der Waals surface area contributed by atoms with Gasteiger partial charge in [0.25, 0.3) is 0 Å². The summed E-state index contributed by atoms with van der Waals surface area (Å²) >= 11 is 0. The molecule has 1 N–H and O–H groups in total. The van der Waals surface area contributed by atoms with Crippen molar-refractivity contribution in [2.75, 3.05) is 0 Å². The zero-order valence-electron chi connectivity index (χ0n) is 10.7. The Hall–Kier alpha value is -0.300. The van der Waals surface area contributed by atoms with Crippen LogP contribution in [0.1, 0.15) is 59.8 Å². The van der Waals surface area contributed by atoms with Gasteiger partial charge in [-0.15, -0.1) is 0 Å². The fraction of sp³-hybridized carbons (Fsp3) is 0.857. The van der Waals surface area contributed by atoms with E-state index in [4.69, 9.17) is 0 Å². The molecule has 1 nitrogen and oxygen atoms in total. The Bertz CT molecular complexity index is 222. The maximum atomic E-state index is 9.67. The summed E-state index contributed by atoms with van der Waals surface area (Å²) < 4.78 is 0. The lowest BCUT2D eigenvalue weighted by molar-refractivity contribution is 0.217. The van der Waals surface area contributed by atoms with Crippen molar-refractivity contribution in [3.63, 3.8) is 0 Å². The lowest BCUT2D eigenvalue weighted by Crippen LogP contribution is -2.11. The van der Waals surface area contributed by atoms with Crippen molar-refractivity contribution < 1.29 is 5.11 Å². The molecule has 1 saturated carbocycles. The summed E-state index contributed by atoms with van der Waals surface area (Å²) in [4.78, 5) is 0. The minimum Gasteiger partial charge on any atom is -0.389 e. The van der Waals surface area contributed by atoms with Crippen molar-refractivity contribution in [3.8, 4) is 0 Å². The summed E-state index contributed by atoms with van der Waals surface area (Å²) in [5, 5.41) is 9.67. The quantitative estimate of drug-likeness (QED) is 0.700. The van der Waals surface area contributed by atoms with E-state index in [0.29, 0.717) is 5.41 Å². The third kappa shape index (κ3) is 4.83. The monoisotopic (exact) mass is 210 g/mol. The fourth-order valence-electron chi connectivity index (χ4n) is 2.57. The molecule has 2 atom stereocenters. The average Bonchev–Trinajstić information content (AvgIpc) is 2.44. The van der Waals surface area contributed by atoms with Crippen LogP contribution < -0.4 is 0 Å². The molecule has 1 aliphatic rings. The summed E-state index contributed by atoms with van der Waals surface area (Å²) in [7, 11) is 0. The van der Waals surface area contributed by atoms with Crippen LogP contribution in [0.25, 0.3) is 0 Å². The van der Waals surface area contributed by atoms with Crippen LogP contribution in [-0.4, -0.2) is 11.2 Å². The van der Waals surface area contributed by atoms with Gasteiger partial charge in [-0.25, -0.2) is 0 Å². The Morgan fingerprint density at radius 3 is 2.60 bits per heavy atom. The molecule has 0 bridgehead atoms. The Morgan fingerprint density at radius 1 is 1.47 bits per heavy atom. The van der Waals surface area contributed by atoms with E-state index in [1.807, 2.05) is 0 Å². The van der Waals surface area contributed by atoms with Crippen molar-refractivity contribution in [1.82, 2.24) is 0 Å². The van der Waals surface area contributed by atoms with Crippen LogP contribution >= 0.6 is 0 Å². The van der Waals surface area contributed by atoms with Gasteiger partial charge in [0.2, 0.25) is 0 Å². The van der Waals surface area contributed by atoms with E-state index in [9.17, 15) is 5.11 Å². The van der Waals surface area contributed by atoms with Crippen molar-refractivity contribution in [1.29, 1.82) is 0 Å². The van der Waals surface area contributed by atoms with Gasteiger partial charge in [-0.3, -0.25) is 0 Å². The number of hydrogen-bond acceptors (Lipinski definition) is 1. The highest BCUT2D eigenvalue weighted by molar-refractivity contribution is 5.12. The van der Waals surface area contributed by atoms with E-state index in [-0.39, 0.29) is 6.10 Å². The van der Waals surface area contributed by atoms with Gasteiger partial charge in [0.15, 0.2) is 0 Å². The highest BCUT2D eigenvalue weighted by Crippen LogP contribution is 2.29. The molecule has 0 aromatic carbocycles. The zero-order chi connectivity index (χ0) is 11.5. The van der Waals surface area contributed by atoms with E-state index in [1.54, 1.807) is 0 Å². The van der Waals surface area contributed by atoms with Gasteiger partial charge in [0.05, 0.1) is 6.10 Å². The van der Waals surface area contributed by atoms with Crippen LogP contribution in [0.15, 0.2) is 11.6 Å². The number of hydrogen-bond donors (Lipinski definition) is 1. The van der Waals surface area contributed by atoms with Gasteiger partial charge >= 0.3 is 0 Å². The van der Waals surface area contributed by atoms with Crippen LogP contribution in [-0.2, 0) is 0 Å². The maximum absolute atomic E-state index is 9.67. The van der Waals surface area contributed by atoms with E-state index in [0.717, 1.165) is 25.2 Å². The highest BCUT2D eigenvalue weighted by Gasteiger charge is 2.19. The molecular formula is C14H26O. The molecule has 2 unspecified atom stereocenters. The number of aliphatic hydroxyl groups is 1. The van der Waals surface area contributed by atoms with E-state index < -0.39 is 0 Å². The molecule has 88 valence electrons. The maximum Gasteiger partial charge on any atom is 0.0750 e. The first-order valence-electron chi connectivity index (χ1n) is 6.25. The van der Waals surface area contributed by atoms with Crippen LogP contribution in [0.3, 0.4) is 0 Å². The summed E-state index contributed by atoms with van der Waals surface area (Å²) in [6.07, 6.45) is 7.79. The lowest BCUT2D eigenvalue weighted by Gasteiger charge is -2.22. The second-order valence-electron chi connectivity index (χ2n) is 6.29. The van der Waals surface area contributed by atoms with Crippen LogP contribution in [0, 0.1) is 11.3 Å². The summed E-state index contributed by atoms with van der Waals surface area (Å²) in [6, 6.07) is 0. The molecule has 0 aromatic rings. The standard InChI is InChI=1S/C14H26O/c1-11(10-14(2,3)4)8-9-12-6-5-7-13(12)15/h9,11,13,15H,5-8,10H2,1-4H3. The minimum atomic E-state index is -0.133. The van der Waals surface area contributed by atoms with E-state index >= 15 is 0 Å². The predicted octanol–water partition coefficient (Wildman–Crippen LogP) is 3.92. The van der Waals surface area contributed by atoms with Crippen molar-refractivity contribution in [2.45, 2.75) is 65.9 Å². The first kappa shape index (κ1) is 12.8. The second-order valence-corrected chi connectivity index (χ2v) is 6.29. The summed E-state index contributed by atoms with van der Waals surface area (Å²) in [5.74, 6) is 0.727. The predicted molar refractivity (Wildman–Crippen MR) is 65.8 cm³/mol. The summed E-state index contributed by atoms with van der Waals surface area (Å²) in [6.45, 7) is 9.19.